The molecule has 0 radical (unpaired) electrons. The average Bonchev–Trinajstić information content (AvgIpc) is 3.79. The number of nitrogens with one attached hydrogen (secondary N) is 1. The lowest BCUT2D eigenvalue weighted by atomic mass is 9.84. The third kappa shape index (κ3) is 5.59. The fraction of sp³-hybridized carbons (Fsp3) is 0.0455. The molecule has 5 aromatic carbocycles. The number of hydrogen-bond acceptors (Lipinski definition) is 5. The number of amidine groups is 1. The number of rotatable bonds is 6. The molecule has 1 N–H and O–H groups in total. The van der Waals surface area contributed by atoms with Crippen LogP contribution < -0.4 is 0 Å². The lowest BCUT2D eigenvalue weighted by Gasteiger charge is -2.22. The molecule has 3 heterocycles. The fourth-order valence-electron chi connectivity index (χ4n) is 6.74. The summed E-state index contributed by atoms with van der Waals surface area (Å²) in [5.74, 6) is 1.55. The van der Waals surface area contributed by atoms with E-state index < -0.39 is 0 Å². The van der Waals surface area contributed by atoms with Crippen molar-refractivity contribution in [2.45, 2.75) is 16.1 Å². The smallest absolute Gasteiger partial charge is 0.160 e. The lowest BCUT2D eigenvalue weighted by molar-refractivity contribution is 0.605. The van der Waals surface area contributed by atoms with Gasteiger partial charge in [0.05, 0.1) is 11.4 Å². The quantitative estimate of drug-likeness (QED) is 0.142. The number of furan rings is 1. The number of hydrogen-bond donors (Lipinski definition) is 1. The van der Waals surface area contributed by atoms with Gasteiger partial charge < -0.3 is 4.42 Å². The molecule has 1 aliphatic heterocycles. The predicted molar refractivity (Wildman–Crippen MR) is 204 cm³/mol. The lowest BCUT2D eigenvalue weighted by Crippen LogP contribution is -2.19. The van der Waals surface area contributed by atoms with Crippen molar-refractivity contribution in [2.75, 3.05) is 0 Å². The molecular formula is C44H30N4OS. The maximum atomic E-state index is 9.37. The van der Waals surface area contributed by atoms with Gasteiger partial charge in [-0.15, -0.1) is 11.8 Å². The van der Waals surface area contributed by atoms with Gasteiger partial charge in [0.15, 0.2) is 11.6 Å². The zero-order valence-corrected chi connectivity index (χ0v) is 27.7. The highest BCUT2D eigenvalue weighted by molar-refractivity contribution is 8.00. The Bertz CT molecular complexity index is 2390. The Hall–Kier alpha value is -6.11. The molecule has 5 nitrogen and oxygen atoms in total. The Morgan fingerprint density at radius 2 is 1.34 bits per heavy atom. The molecular weight excluding hydrogens is 633 g/mol. The molecule has 0 spiro atoms. The van der Waals surface area contributed by atoms with Gasteiger partial charge in [-0.3, -0.25) is 5.41 Å². The summed E-state index contributed by atoms with van der Waals surface area (Å²) in [6.07, 6.45) is 6.33. The first-order valence-electron chi connectivity index (χ1n) is 16.6. The third-order valence-corrected chi connectivity index (χ3v) is 10.5. The molecule has 2 aromatic heterocycles. The van der Waals surface area contributed by atoms with Gasteiger partial charge in [-0.2, -0.15) is 0 Å². The summed E-state index contributed by atoms with van der Waals surface area (Å²) in [6, 6.07) is 49.0. The Kier molecular flexibility index (Phi) is 7.63. The molecule has 2 unspecified atom stereocenters. The van der Waals surface area contributed by atoms with E-state index in [1.807, 2.05) is 115 Å². The maximum Gasteiger partial charge on any atom is 0.160 e. The van der Waals surface area contributed by atoms with E-state index in [9.17, 15) is 5.41 Å². The molecule has 2 atom stereocenters. The molecule has 0 saturated carbocycles. The minimum absolute atomic E-state index is 0.00514. The van der Waals surface area contributed by atoms with Crippen LogP contribution in [0, 0.1) is 5.41 Å². The molecule has 1 aliphatic carbocycles. The summed E-state index contributed by atoms with van der Waals surface area (Å²) in [6.45, 7) is 0. The number of nitrogens with zero attached hydrogens (tertiary/aromatic N) is 3. The second-order valence-electron chi connectivity index (χ2n) is 12.3. The van der Waals surface area contributed by atoms with Crippen LogP contribution in [0.5, 0.6) is 0 Å². The first-order chi connectivity index (χ1) is 24.7. The molecule has 0 bridgehead atoms. The van der Waals surface area contributed by atoms with Crippen molar-refractivity contribution in [3.8, 4) is 33.9 Å². The molecule has 7 aromatic rings. The van der Waals surface area contributed by atoms with Gasteiger partial charge in [0, 0.05) is 49.3 Å². The summed E-state index contributed by atoms with van der Waals surface area (Å²) in [5, 5.41) is 10.5. The topological polar surface area (TPSA) is 75.1 Å². The van der Waals surface area contributed by atoms with Crippen molar-refractivity contribution in [3.05, 3.63) is 186 Å². The van der Waals surface area contributed by atoms with Crippen LogP contribution >= 0.6 is 11.8 Å². The fourth-order valence-corrected chi connectivity index (χ4v) is 8.16. The van der Waals surface area contributed by atoms with Crippen LogP contribution in [0.1, 0.15) is 22.8 Å². The van der Waals surface area contributed by atoms with E-state index in [2.05, 4.69) is 60.7 Å². The standard InChI is InChI=1S/C44H30N4OS/c45-43(48-42(30-17-8-3-9-18-30)38-25-31-19-10-11-21-37(31)49-38)34-20-12-22-39-41(34)33-24-23-32(26-40(33)50-39)44-46-35(28-13-4-1-5-14-28)27-36(47-44)29-15-6-2-7-16-29/h1-27,39,41,45H. The zero-order valence-electron chi connectivity index (χ0n) is 26.9. The van der Waals surface area contributed by atoms with Crippen molar-refractivity contribution >= 4 is 34.3 Å². The highest BCUT2D eigenvalue weighted by Crippen LogP contribution is 2.52. The van der Waals surface area contributed by atoms with Gasteiger partial charge in [0.1, 0.15) is 17.1 Å². The van der Waals surface area contributed by atoms with Gasteiger partial charge >= 0.3 is 0 Å². The predicted octanol–water partition coefficient (Wildman–Crippen LogP) is 10.8. The molecule has 0 saturated heterocycles. The Morgan fingerprint density at radius 3 is 2.04 bits per heavy atom. The number of benzene rings is 5. The van der Waals surface area contributed by atoms with Gasteiger partial charge in [0.2, 0.25) is 0 Å². The Morgan fingerprint density at radius 1 is 0.680 bits per heavy atom. The molecule has 2 aliphatic rings. The molecule has 238 valence electrons. The maximum absolute atomic E-state index is 9.37. The highest BCUT2D eigenvalue weighted by Gasteiger charge is 2.37. The SMILES string of the molecule is N=C(N=C(c1ccccc1)c1cc2ccccc2o1)C1=CC=CC2Sc3cc(-c4nc(-c5ccccc5)cc(-c5ccccc5)n4)ccc3C12. The number of para-hydroxylation sites is 1. The van der Waals surface area contributed by atoms with E-state index in [0.29, 0.717) is 17.3 Å². The first kappa shape index (κ1) is 30.0. The van der Waals surface area contributed by atoms with Crippen LogP contribution in [0.4, 0.5) is 0 Å². The second-order valence-corrected chi connectivity index (χ2v) is 13.6. The van der Waals surface area contributed by atoms with Crippen molar-refractivity contribution in [3.63, 3.8) is 0 Å². The first-order valence-corrected chi connectivity index (χ1v) is 17.5. The average molecular weight is 663 g/mol. The van der Waals surface area contributed by atoms with E-state index in [-0.39, 0.29) is 17.0 Å². The molecule has 9 rings (SSSR count). The van der Waals surface area contributed by atoms with Gasteiger partial charge in [-0.25, -0.2) is 15.0 Å². The molecule has 6 heteroatoms. The van der Waals surface area contributed by atoms with Crippen molar-refractivity contribution in [1.82, 2.24) is 9.97 Å². The molecule has 0 amide bonds. The monoisotopic (exact) mass is 662 g/mol. The third-order valence-electron chi connectivity index (χ3n) is 9.18. The van der Waals surface area contributed by atoms with Gasteiger partial charge in [-0.05, 0) is 29.8 Å². The number of thioether (sulfide) groups is 1. The summed E-state index contributed by atoms with van der Waals surface area (Å²) < 4.78 is 6.27. The van der Waals surface area contributed by atoms with E-state index in [1.54, 1.807) is 0 Å². The van der Waals surface area contributed by atoms with Crippen molar-refractivity contribution in [1.29, 1.82) is 5.41 Å². The zero-order chi connectivity index (χ0) is 33.4. The van der Waals surface area contributed by atoms with Crippen molar-refractivity contribution < 1.29 is 4.42 Å². The number of aromatic nitrogens is 2. The van der Waals surface area contributed by atoms with E-state index >= 15 is 0 Å². The Balaban J connectivity index is 1.09. The van der Waals surface area contributed by atoms with Gasteiger partial charge in [0.25, 0.3) is 0 Å². The minimum Gasteiger partial charge on any atom is -0.454 e. The van der Waals surface area contributed by atoms with Crippen LogP contribution in [0.25, 0.3) is 44.9 Å². The molecule has 50 heavy (non-hydrogen) atoms. The van der Waals surface area contributed by atoms with Crippen LogP contribution in [-0.2, 0) is 0 Å². The van der Waals surface area contributed by atoms with Crippen LogP contribution in [0.2, 0.25) is 0 Å². The number of aliphatic imine (C=N–C) groups is 1. The minimum atomic E-state index is -0.00514. The van der Waals surface area contributed by atoms with Crippen LogP contribution in [-0.4, -0.2) is 26.8 Å². The summed E-state index contributed by atoms with van der Waals surface area (Å²) >= 11 is 1.82. The van der Waals surface area contributed by atoms with Gasteiger partial charge in [-0.1, -0.05) is 140 Å². The second kappa shape index (κ2) is 12.7. The van der Waals surface area contributed by atoms with E-state index in [0.717, 1.165) is 50.2 Å². The summed E-state index contributed by atoms with van der Waals surface area (Å²) in [5.41, 5.74) is 9.23. The van der Waals surface area contributed by atoms with E-state index in [1.165, 1.54) is 10.5 Å². The van der Waals surface area contributed by atoms with Crippen molar-refractivity contribution in [2.24, 2.45) is 4.99 Å². The summed E-state index contributed by atoms with van der Waals surface area (Å²) in [4.78, 5) is 16.3. The molecule has 0 fully saturated rings. The van der Waals surface area contributed by atoms with Crippen LogP contribution in [0.15, 0.2) is 184 Å². The summed E-state index contributed by atoms with van der Waals surface area (Å²) in [7, 11) is 0. The highest BCUT2D eigenvalue weighted by atomic mass is 32.2. The van der Waals surface area contributed by atoms with Crippen LogP contribution in [0.3, 0.4) is 0 Å². The Labute approximate surface area is 294 Å². The number of fused-ring (bicyclic) bond motifs is 4. The number of allylic oxidation sites excluding steroid dienone is 2. The van der Waals surface area contributed by atoms with E-state index in [4.69, 9.17) is 19.4 Å². The normalized spacial score (nSPS) is 16.6. The largest absolute Gasteiger partial charge is 0.454 e.